The number of hydrogen-bond donors (Lipinski definition) is 0. The Morgan fingerprint density at radius 2 is 1.89 bits per heavy atom. The summed E-state index contributed by atoms with van der Waals surface area (Å²) in [6, 6.07) is 5.83. The number of nitrogens with zero attached hydrogens (tertiary/aromatic N) is 4. The van der Waals surface area contributed by atoms with Gasteiger partial charge in [0.1, 0.15) is 5.82 Å². The molecule has 35 heavy (non-hydrogen) atoms. The number of hydrogen-bond acceptors (Lipinski definition) is 5. The Morgan fingerprint density at radius 3 is 2.57 bits per heavy atom. The fraction of sp³-hybridized carbons (Fsp3) is 0.538. The zero-order valence-electron chi connectivity index (χ0n) is 19.9. The van der Waals surface area contributed by atoms with E-state index >= 15 is 0 Å². The Balaban J connectivity index is 1.43. The summed E-state index contributed by atoms with van der Waals surface area (Å²) in [5, 5.41) is 0.366. The van der Waals surface area contributed by atoms with Crippen molar-refractivity contribution in [1.82, 2.24) is 19.5 Å². The molecule has 0 N–H and O–H groups in total. The van der Waals surface area contributed by atoms with E-state index in [4.69, 9.17) is 9.72 Å². The fourth-order valence-electron chi connectivity index (χ4n) is 6.41. The van der Waals surface area contributed by atoms with E-state index in [1.165, 1.54) is 4.57 Å². The highest BCUT2D eigenvalue weighted by molar-refractivity contribution is 5.82. The molecule has 3 aliphatic carbocycles. The number of aromatic nitrogens is 4. The van der Waals surface area contributed by atoms with Crippen LogP contribution in [0.25, 0.3) is 10.9 Å². The lowest BCUT2D eigenvalue weighted by molar-refractivity contribution is -0.337. The molecule has 4 aliphatic rings. The van der Waals surface area contributed by atoms with Gasteiger partial charge in [0.2, 0.25) is 0 Å². The summed E-state index contributed by atoms with van der Waals surface area (Å²) >= 11 is 0. The lowest BCUT2D eigenvalue weighted by Crippen LogP contribution is -2.70. The van der Waals surface area contributed by atoms with Crippen LogP contribution in [0.3, 0.4) is 0 Å². The van der Waals surface area contributed by atoms with E-state index in [0.717, 1.165) is 23.4 Å². The predicted octanol–water partition coefficient (Wildman–Crippen LogP) is 4.96. The van der Waals surface area contributed by atoms with Gasteiger partial charge in [0.05, 0.1) is 28.1 Å². The third kappa shape index (κ3) is 3.27. The van der Waals surface area contributed by atoms with E-state index < -0.39 is 17.0 Å². The van der Waals surface area contributed by atoms with Crippen LogP contribution in [0.4, 0.5) is 13.2 Å². The molecule has 1 aliphatic heterocycles. The first kappa shape index (κ1) is 22.6. The second kappa shape index (κ2) is 7.35. The van der Waals surface area contributed by atoms with Crippen LogP contribution in [0.1, 0.15) is 72.6 Å². The summed E-state index contributed by atoms with van der Waals surface area (Å²) < 4.78 is 48.3. The third-order valence-corrected chi connectivity index (χ3v) is 8.43. The van der Waals surface area contributed by atoms with Gasteiger partial charge in [-0.05, 0) is 69.7 Å². The van der Waals surface area contributed by atoms with Crippen LogP contribution in [-0.4, -0.2) is 32.3 Å². The maximum Gasteiger partial charge on any atom is 0.394 e. The molecule has 0 spiro atoms. The molecule has 0 amide bonds. The van der Waals surface area contributed by atoms with Crippen molar-refractivity contribution < 1.29 is 17.9 Å². The van der Waals surface area contributed by atoms with E-state index in [9.17, 15) is 18.0 Å². The minimum Gasteiger partial charge on any atom is -0.373 e. The van der Waals surface area contributed by atoms with Crippen molar-refractivity contribution in [3.63, 3.8) is 0 Å². The summed E-state index contributed by atoms with van der Waals surface area (Å²) in [7, 11) is 1.64. The van der Waals surface area contributed by atoms with Crippen molar-refractivity contribution in [3.05, 3.63) is 63.2 Å². The van der Waals surface area contributed by atoms with Crippen LogP contribution in [0, 0.1) is 19.3 Å². The molecule has 4 heterocycles. The van der Waals surface area contributed by atoms with Gasteiger partial charge in [-0.25, -0.2) is 4.98 Å². The van der Waals surface area contributed by atoms with E-state index in [0.29, 0.717) is 35.4 Å². The zero-order chi connectivity index (χ0) is 24.8. The van der Waals surface area contributed by atoms with Gasteiger partial charge in [0.25, 0.3) is 5.56 Å². The Bertz CT molecular complexity index is 1390. The highest BCUT2D eigenvalue weighted by atomic mass is 19.4. The second-order valence-electron chi connectivity index (χ2n) is 10.7. The monoisotopic (exact) mass is 484 g/mol. The Labute approximate surface area is 200 Å². The lowest BCUT2D eigenvalue weighted by atomic mass is 9.33. The highest BCUT2D eigenvalue weighted by Gasteiger charge is 2.79. The molecule has 184 valence electrons. The van der Waals surface area contributed by atoms with Crippen molar-refractivity contribution >= 4 is 10.9 Å². The number of fused-ring (bicyclic) bond motifs is 1. The van der Waals surface area contributed by atoms with Gasteiger partial charge < -0.3 is 4.74 Å². The molecule has 6 nitrogen and oxygen atoms in total. The number of aryl methyl sites for hydroxylation is 2. The van der Waals surface area contributed by atoms with Gasteiger partial charge >= 0.3 is 6.18 Å². The van der Waals surface area contributed by atoms with Crippen LogP contribution < -0.4 is 5.56 Å². The van der Waals surface area contributed by atoms with E-state index in [1.807, 2.05) is 25.1 Å². The molecular weight excluding hydrogens is 457 g/mol. The molecule has 0 unspecified atom stereocenters. The minimum absolute atomic E-state index is 0.00121. The number of alkyl halides is 3. The normalized spacial score (nSPS) is 30.1. The van der Waals surface area contributed by atoms with E-state index in [-0.39, 0.29) is 36.8 Å². The molecule has 0 aromatic carbocycles. The molecule has 7 rings (SSSR count). The first-order valence-corrected chi connectivity index (χ1v) is 12.0. The van der Waals surface area contributed by atoms with Gasteiger partial charge in [-0.1, -0.05) is 0 Å². The van der Waals surface area contributed by atoms with Gasteiger partial charge in [-0.3, -0.25) is 19.3 Å². The Kier molecular flexibility index (Phi) is 4.75. The average Bonchev–Trinajstić information content (AvgIpc) is 2.74. The van der Waals surface area contributed by atoms with Crippen molar-refractivity contribution in [2.45, 2.75) is 69.6 Å². The lowest BCUT2D eigenvalue weighted by Gasteiger charge is -2.70. The number of pyridine rings is 2. The fourth-order valence-corrected chi connectivity index (χ4v) is 6.41. The minimum atomic E-state index is -4.22. The molecule has 2 bridgehead atoms. The van der Waals surface area contributed by atoms with Crippen LogP contribution >= 0.6 is 0 Å². The predicted molar refractivity (Wildman–Crippen MR) is 123 cm³/mol. The zero-order valence-corrected chi connectivity index (χ0v) is 19.9. The van der Waals surface area contributed by atoms with Gasteiger partial charge in [0.15, 0.2) is 0 Å². The van der Waals surface area contributed by atoms with Crippen LogP contribution in [0.15, 0.2) is 29.2 Å². The SMILES string of the molecule is Cc1cc([C@@H]2C[C@H](c3cc4nc(C)n(C)c(=O)c4c(C45CC(C(F)(F)F)(C4)C5)n3)CCO2)ccn1. The van der Waals surface area contributed by atoms with Crippen LogP contribution in [0.2, 0.25) is 0 Å². The molecule has 2 atom stereocenters. The van der Waals surface area contributed by atoms with Crippen LogP contribution in [0.5, 0.6) is 0 Å². The number of rotatable bonds is 3. The smallest absolute Gasteiger partial charge is 0.373 e. The van der Waals surface area contributed by atoms with E-state index in [2.05, 4.69) is 9.97 Å². The molecule has 0 radical (unpaired) electrons. The Hall–Kier alpha value is -2.81. The summed E-state index contributed by atoms with van der Waals surface area (Å²) in [5.41, 5.74) is 1.23. The quantitative estimate of drug-likeness (QED) is 0.526. The van der Waals surface area contributed by atoms with Crippen LogP contribution in [-0.2, 0) is 17.2 Å². The largest absolute Gasteiger partial charge is 0.394 e. The third-order valence-electron chi connectivity index (χ3n) is 8.43. The number of halogens is 3. The van der Waals surface area contributed by atoms with E-state index in [1.54, 1.807) is 20.2 Å². The summed E-state index contributed by atoms with van der Waals surface area (Å²) in [4.78, 5) is 27.1. The molecule has 1 saturated heterocycles. The molecular formula is C26H27F3N4O2. The standard InChI is InChI=1S/C26H27F3N4O2/c1-14-8-17(4-6-30-14)20-9-16(5-7-35-20)18-10-19-21(23(34)33(3)15(2)31-19)22(32-18)24-11-25(12-24,13-24)26(27,28)29/h4,6,8,10,16,20H,5,7,9,11-13H2,1-3H3/t16-,20+,24?,25?/m1/s1. The number of ether oxygens (including phenoxy) is 1. The van der Waals surface area contributed by atoms with Crippen molar-refractivity contribution in [2.24, 2.45) is 12.5 Å². The second-order valence-corrected chi connectivity index (χ2v) is 10.7. The molecule has 4 fully saturated rings. The molecule has 3 saturated carbocycles. The van der Waals surface area contributed by atoms with Gasteiger partial charge in [0, 0.05) is 42.6 Å². The molecule has 3 aromatic rings. The topological polar surface area (TPSA) is 69.9 Å². The average molecular weight is 485 g/mol. The molecule has 9 heteroatoms. The van der Waals surface area contributed by atoms with Gasteiger partial charge in [-0.2, -0.15) is 13.2 Å². The maximum atomic E-state index is 13.6. The first-order chi connectivity index (χ1) is 16.5. The Morgan fingerprint density at radius 1 is 1.14 bits per heavy atom. The van der Waals surface area contributed by atoms with Crippen molar-refractivity contribution in [2.75, 3.05) is 6.61 Å². The first-order valence-electron chi connectivity index (χ1n) is 12.0. The summed E-state index contributed by atoms with van der Waals surface area (Å²) in [6.07, 6.45) is -1.12. The molecule has 3 aromatic heterocycles. The van der Waals surface area contributed by atoms with Crippen molar-refractivity contribution in [1.29, 1.82) is 0 Å². The summed E-state index contributed by atoms with van der Waals surface area (Å²) in [6.45, 7) is 4.25. The van der Waals surface area contributed by atoms with Crippen molar-refractivity contribution in [3.8, 4) is 0 Å². The maximum absolute atomic E-state index is 13.6. The van der Waals surface area contributed by atoms with Gasteiger partial charge in [-0.15, -0.1) is 0 Å². The summed E-state index contributed by atoms with van der Waals surface area (Å²) in [5.74, 6) is 0.618. The highest BCUT2D eigenvalue weighted by Crippen LogP contribution is 2.78.